The third-order valence-corrected chi connectivity index (χ3v) is 3.75. The van der Waals surface area contributed by atoms with Gasteiger partial charge in [0.1, 0.15) is 11.6 Å². The number of thioether (sulfide) groups is 1. The molecule has 106 valence electrons. The van der Waals surface area contributed by atoms with E-state index in [1.54, 1.807) is 24.3 Å². The molecule has 1 N–H and O–H groups in total. The number of phenols is 1. The lowest BCUT2D eigenvalue weighted by molar-refractivity contribution is 0.475. The second kappa shape index (κ2) is 5.97. The molecule has 0 saturated heterocycles. The molecule has 0 aliphatic heterocycles. The standard InChI is InChI=1S/C15H11FN2O2S/c16-11-3-1-10(2-4-11)15-18-17-14(20-15)9-21-13-7-5-12(19)6-8-13/h1-8,19H,9H2. The fraction of sp³-hybridized carbons (Fsp3) is 0.0667. The van der Waals surface area contributed by atoms with Crippen molar-refractivity contribution in [1.29, 1.82) is 0 Å². The fourth-order valence-electron chi connectivity index (χ4n) is 1.71. The van der Waals surface area contributed by atoms with E-state index in [0.717, 1.165) is 4.90 Å². The molecule has 0 radical (unpaired) electrons. The number of rotatable bonds is 4. The monoisotopic (exact) mass is 302 g/mol. The zero-order valence-electron chi connectivity index (χ0n) is 10.9. The van der Waals surface area contributed by atoms with E-state index < -0.39 is 0 Å². The van der Waals surface area contributed by atoms with Crippen molar-refractivity contribution < 1.29 is 13.9 Å². The highest BCUT2D eigenvalue weighted by Crippen LogP contribution is 2.25. The first-order chi connectivity index (χ1) is 10.2. The number of hydrogen-bond donors (Lipinski definition) is 1. The van der Waals surface area contributed by atoms with Gasteiger partial charge in [0, 0.05) is 10.5 Å². The molecule has 0 aliphatic rings. The molecular weight excluding hydrogens is 291 g/mol. The SMILES string of the molecule is Oc1ccc(SCc2nnc(-c3ccc(F)cc3)o2)cc1. The number of halogens is 1. The van der Waals surface area contributed by atoms with E-state index in [9.17, 15) is 9.50 Å². The maximum atomic E-state index is 12.9. The van der Waals surface area contributed by atoms with E-state index in [0.29, 0.717) is 23.1 Å². The van der Waals surface area contributed by atoms with Crippen LogP contribution in [0.15, 0.2) is 57.8 Å². The number of nitrogens with zero attached hydrogens (tertiary/aromatic N) is 2. The molecule has 0 saturated carbocycles. The van der Waals surface area contributed by atoms with Crippen LogP contribution in [0.4, 0.5) is 4.39 Å². The molecule has 1 heterocycles. The lowest BCUT2D eigenvalue weighted by Gasteiger charge is -1.98. The van der Waals surface area contributed by atoms with Gasteiger partial charge in [-0.1, -0.05) is 0 Å². The van der Waals surface area contributed by atoms with Crippen LogP contribution in [0.1, 0.15) is 5.89 Å². The third-order valence-electron chi connectivity index (χ3n) is 2.76. The first-order valence-electron chi connectivity index (χ1n) is 6.21. The molecule has 0 bridgehead atoms. The van der Waals surface area contributed by atoms with Gasteiger partial charge in [-0.3, -0.25) is 0 Å². The summed E-state index contributed by atoms with van der Waals surface area (Å²) in [4.78, 5) is 0.995. The van der Waals surface area contributed by atoms with Crippen LogP contribution in [0.25, 0.3) is 11.5 Å². The Morgan fingerprint density at radius 1 is 1.00 bits per heavy atom. The van der Waals surface area contributed by atoms with Gasteiger partial charge >= 0.3 is 0 Å². The van der Waals surface area contributed by atoms with Crippen molar-refractivity contribution in [3.05, 3.63) is 60.2 Å². The second-order valence-corrected chi connectivity index (χ2v) is 5.34. The van der Waals surface area contributed by atoms with Crippen molar-refractivity contribution in [2.75, 3.05) is 0 Å². The molecule has 21 heavy (non-hydrogen) atoms. The van der Waals surface area contributed by atoms with Gasteiger partial charge in [-0.25, -0.2) is 4.39 Å². The zero-order chi connectivity index (χ0) is 14.7. The average Bonchev–Trinajstić information content (AvgIpc) is 2.96. The first kappa shape index (κ1) is 13.6. The Morgan fingerprint density at radius 2 is 1.71 bits per heavy atom. The molecule has 0 fully saturated rings. The van der Waals surface area contributed by atoms with E-state index >= 15 is 0 Å². The molecule has 0 atom stereocenters. The minimum atomic E-state index is -0.304. The van der Waals surface area contributed by atoms with Crippen molar-refractivity contribution >= 4 is 11.8 Å². The maximum Gasteiger partial charge on any atom is 0.247 e. The highest BCUT2D eigenvalue weighted by atomic mass is 32.2. The van der Waals surface area contributed by atoms with Crippen molar-refractivity contribution in [3.63, 3.8) is 0 Å². The van der Waals surface area contributed by atoms with E-state index in [1.807, 2.05) is 12.1 Å². The summed E-state index contributed by atoms with van der Waals surface area (Å²) in [6.45, 7) is 0. The van der Waals surface area contributed by atoms with Crippen molar-refractivity contribution in [2.45, 2.75) is 10.6 Å². The molecule has 0 unspecified atom stereocenters. The van der Waals surface area contributed by atoms with Gasteiger partial charge in [-0.15, -0.1) is 22.0 Å². The van der Waals surface area contributed by atoms with Gasteiger partial charge in [-0.2, -0.15) is 0 Å². The number of phenolic OH excluding ortho intramolecular Hbond substituents is 1. The van der Waals surface area contributed by atoms with Crippen molar-refractivity contribution in [3.8, 4) is 17.2 Å². The van der Waals surface area contributed by atoms with E-state index in [2.05, 4.69) is 10.2 Å². The summed E-state index contributed by atoms with van der Waals surface area (Å²) in [5.74, 6) is 1.32. The molecule has 3 rings (SSSR count). The van der Waals surface area contributed by atoms with Crippen LogP contribution in [-0.4, -0.2) is 15.3 Å². The highest BCUT2D eigenvalue weighted by molar-refractivity contribution is 7.98. The van der Waals surface area contributed by atoms with E-state index in [1.165, 1.54) is 23.9 Å². The van der Waals surface area contributed by atoms with Crippen LogP contribution in [0.5, 0.6) is 5.75 Å². The molecular formula is C15H11FN2O2S. The third kappa shape index (κ3) is 3.41. The fourth-order valence-corrected chi connectivity index (χ4v) is 2.44. The summed E-state index contributed by atoms with van der Waals surface area (Å²) in [6, 6.07) is 12.8. The summed E-state index contributed by atoms with van der Waals surface area (Å²) >= 11 is 1.53. The Hall–Kier alpha value is -2.34. The van der Waals surface area contributed by atoms with Crippen LogP contribution >= 0.6 is 11.8 Å². The summed E-state index contributed by atoms with van der Waals surface area (Å²) in [7, 11) is 0. The quantitative estimate of drug-likeness (QED) is 0.741. The molecule has 2 aromatic carbocycles. The minimum absolute atomic E-state index is 0.232. The summed E-state index contributed by atoms with van der Waals surface area (Å²) in [5.41, 5.74) is 0.685. The molecule has 0 aliphatic carbocycles. The Balaban J connectivity index is 1.67. The Labute approximate surface area is 124 Å². The maximum absolute atomic E-state index is 12.9. The first-order valence-corrected chi connectivity index (χ1v) is 7.19. The number of benzene rings is 2. The van der Waals surface area contributed by atoms with Gasteiger partial charge in [0.15, 0.2) is 0 Å². The molecule has 3 aromatic rings. The predicted octanol–water partition coefficient (Wildman–Crippen LogP) is 3.87. The topological polar surface area (TPSA) is 59.2 Å². The molecule has 6 heteroatoms. The number of aromatic nitrogens is 2. The van der Waals surface area contributed by atoms with E-state index in [4.69, 9.17) is 4.42 Å². The normalized spacial score (nSPS) is 10.7. The molecule has 1 aromatic heterocycles. The highest BCUT2D eigenvalue weighted by Gasteiger charge is 2.09. The molecule has 0 spiro atoms. The van der Waals surface area contributed by atoms with Gasteiger partial charge < -0.3 is 9.52 Å². The smallest absolute Gasteiger partial charge is 0.247 e. The van der Waals surface area contributed by atoms with Crippen molar-refractivity contribution in [2.24, 2.45) is 0 Å². The van der Waals surface area contributed by atoms with Crippen LogP contribution in [0, 0.1) is 5.82 Å². The summed E-state index contributed by atoms with van der Waals surface area (Å²) in [6.07, 6.45) is 0. The largest absolute Gasteiger partial charge is 0.508 e. The predicted molar refractivity (Wildman–Crippen MR) is 77.4 cm³/mol. The van der Waals surface area contributed by atoms with Crippen LogP contribution < -0.4 is 0 Å². The molecule has 0 amide bonds. The summed E-state index contributed by atoms with van der Waals surface area (Å²) < 4.78 is 18.4. The number of hydrogen-bond acceptors (Lipinski definition) is 5. The van der Waals surface area contributed by atoms with Gasteiger partial charge in [0.25, 0.3) is 0 Å². The summed E-state index contributed by atoms with van der Waals surface area (Å²) in [5, 5.41) is 17.1. The zero-order valence-corrected chi connectivity index (χ0v) is 11.7. The second-order valence-electron chi connectivity index (χ2n) is 4.29. The van der Waals surface area contributed by atoms with Gasteiger partial charge in [-0.05, 0) is 48.5 Å². The van der Waals surface area contributed by atoms with Crippen LogP contribution in [0.3, 0.4) is 0 Å². The molecule has 4 nitrogen and oxygen atoms in total. The van der Waals surface area contributed by atoms with Crippen LogP contribution in [-0.2, 0) is 5.75 Å². The van der Waals surface area contributed by atoms with E-state index in [-0.39, 0.29) is 11.6 Å². The lowest BCUT2D eigenvalue weighted by Crippen LogP contribution is -1.80. The lowest BCUT2D eigenvalue weighted by atomic mass is 10.2. The number of aromatic hydroxyl groups is 1. The van der Waals surface area contributed by atoms with Crippen LogP contribution in [0.2, 0.25) is 0 Å². The Kier molecular flexibility index (Phi) is 3.87. The Morgan fingerprint density at radius 3 is 2.43 bits per heavy atom. The minimum Gasteiger partial charge on any atom is -0.508 e. The van der Waals surface area contributed by atoms with Gasteiger partial charge in [0.2, 0.25) is 11.8 Å². The van der Waals surface area contributed by atoms with Crippen molar-refractivity contribution in [1.82, 2.24) is 10.2 Å². The average molecular weight is 302 g/mol. The Bertz CT molecular complexity index is 726. The van der Waals surface area contributed by atoms with Gasteiger partial charge in [0.05, 0.1) is 5.75 Å².